The third kappa shape index (κ3) is 2.69. The van der Waals surface area contributed by atoms with Gasteiger partial charge in [-0.3, -0.25) is 4.68 Å². The predicted octanol–water partition coefficient (Wildman–Crippen LogP) is 1.13. The fourth-order valence-corrected chi connectivity index (χ4v) is 1.59. The van der Waals surface area contributed by atoms with E-state index in [0.29, 0.717) is 18.1 Å². The number of halogens is 1. The second-order valence-electron chi connectivity index (χ2n) is 3.18. The Bertz CT molecular complexity index is 455. The lowest BCUT2D eigenvalue weighted by atomic mass is 10.4. The number of nitrogens with two attached hydrogens (primary N) is 1. The van der Waals surface area contributed by atoms with Crippen LogP contribution < -0.4 is 11.1 Å². The molecule has 0 aliphatic rings. The van der Waals surface area contributed by atoms with Gasteiger partial charge in [-0.25, -0.2) is 4.98 Å². The van der Waals surface area contributed by atoms with Crippen molar-refractivity contribution in [1.82, 2.24) is 20.0 Å². The average Bonchev–Trinajstić information content (AvgIpc) is 2.74. The van der Waals surface area contributed by atoms with Crippen LogP contribution in [0.4, 0.5) is 11.5 Å². The fraction of sp³-hybridized carbons (Fsp3) is 0.222. The maximum Gasteiger partial charge on any atom is 0.149 e. The number of aromatic nitrogens is 4. The number of rotatable bonds is 4. The second-order valence-corrected chi connectivity index (χ2v) is 4.10. The van der Waals surface area contributed by atoms with Crippen molar-refractivity contribution in [3.8, 4) is 0 Å². The summed E-state index contributed by atoms with van der Waals surface area (Å²) >= 11 is 3.30. The van der Waals surface area contributed by atoms with Gasteiger partial charge in [0.05, 0.1) is 18.4 Å². The summed E-state index contributed by atoms with van der Waals surface area (Å²) in [6.45, 7) is 1.42. The molecule has 0 unspecified atom stereocenters. The molecule has 2 aromatic rings. The maximum absolute atomic E-state index is 5.79. The Hall–Kier alpha value is -1.63. The van der Waals surface area contributed by atoms with Gasteiger partial charge in [0, 0.05) is 23.4 Å². The smallest absolute Gasteiger partial charge is 0.149 e. The van der Waals surface area contributed by atoms with Crippen LogP contribution in [0.5, 0.6) is 0 Å². The van der Waals surface area contributed by atoms with Gasteiger partial charge in [-0.15, -0.1) is 5.10 Å². The van der Waals surface area contributed by atoms with E-state index in [9.17, 15) is 0 Å². The van der Waals surface area contributed by atoms with Gasteiger partial charge in [-0.2, -0.15) is 0 Å². The van der Waals surface area contributed by atoms with Crippen LogP contribution in [-0.2, 0) is 6.54 Å². The first-order chi connectivity index (χ1) is 7.75. The summed E-state index contributed by atoms with van der Waals surface area (Å²) in [6, 6.07) is 1.81. The molecule has 0 amide bonds. The Morgan fingerprint density at radius 1 is 1.50 bits per heavy atom. The Kier molecular flexibility index (Phi) is 3.35. The highest BCUT2D eigenvalue weighted by atomic mass is 79.9. The van der Waals surface area contributed by atoms with Crippen LogP contribution >= 0.6 is 15.9 Å². The zero-order valence-electron chi connectivity index (χ0n) is 8.47. The molecule has 2 heterocycles. The SMILES string of the molecule is Nc1cc(Br)cnc1NCCn1ccnn1. The minimum atomic E-state index is 0.618. The molecule has 2 aromatic heterocycles. The largest absolute Gasteiger partial charge is 0.396 e. The first-order valence-electron chi connectivity index (χ1n) is 4.75. The molecule has 0 aliphatic heterocycles. The number of nitrogens with zero attached hydrogens (tertiary/aromatic N) is 4. The molecule has 0 fully saturated rings. The molecule has 84 valence electrons. The number of nitrogen functional groups attached to an aromatic ring is 1. The molecule has 0 saturated carbocycles. The standard InChI is InChI=1S/C9H11BrN6/c10-7-5-8(11)9(13-6-7)12-1-3-16-4-2-14-15-16/h2,4-6H,1,3,11H2,(H,12,13). The quantitative estimate of drug-likeness (QED) is 0.879. The first-order valence-corrected chi connectivity index (χ1v) is 5.54. The van der Waals surface area contributed by atoms with Crippen LogP contribution in [0, 0.1) is 0 Å². The Morgan fingerprint density at radius 2 is 2.38 bits per heavy atom. The van der Waals surface area contributed by atoms with Crippen LogP contribution in [-0.4, -0.2) is 26.5 Å². The third-order valence-corrected chi connectivity index (χ3v) is 2.42. The molecule has 16 heavy (non-hydrogen) atoms. The van der Waals surface area contributed by atoms with E-state index in [2.05, 4.69) is 36.5 Å². The molecule has 0 atom stereocenters. The Balaban J connectivity index is 1.90. The predicted molar refractivity (Wildman–Crippen MR) is 64.9 cm³/mol. The van der Waals surface area contributed by atoms with Crippen LogP contribution in [0.3, 0.4) is 0 Å². The number of pyridine rings is 1. The van der Waals surface area contributed by atoms with Gasteiger partial charge in [0.2, 0.25) is 0 Å². The number of nitrogens with one attached hydrogen (secondary N) is 1. The summed E-state index contributed by atoms with van der Waals surface area (Å²) in [7, 11) is 0. The van der Waals surface area contributed by atoms with Crippen molar-refractivity contribution >= 4 is 27.4 Å². The summed E-state index contributed by atoms with van der Waals surface area (Å²) in [6.07, 6.45) is 5.15. The Labute approximate surface area is 101 Å². The molecule has 0 spiro atoms. The molecule has 0 aromatic carbocycles. The molecule has 0 bridgehead atoms. The number of hydrogen-bond acceptors (Lipinski definition) is 5. The van der Waals surface area contributed by atoms with E-state index in [0.717, 1.165) is 11.0 Å². The lowest BCUT2D eigenvalue weighted by Crippen LogP contribution is -2.13. The van der Waals surface area contributed by atoms with Crippen LogP contribution in [0.2, 0.25) is 0 Å². The van der Waals surface area contributed by atoms with Gasteiger partial charge >= 0.3 is 0 Å². The maximum atomic E-state index is 5.79. The minimum Gasteiger partial charge on any atom is -0.396 e. The lowest BCUT2D eigenvalue weighted by molar-refractivity contribution is 0.608. The van der Waals surface area contributed by atoms with Gasteiger partial charge in [0.15, 0.2) is 0 Å². The molecule has 7 heteroatoms. The summed E-state index contributed by atoms with van der Waals surface area (Å²) < 4.78 is 2.61. The van der Waals surface area contributed by atoms with E-state index >= 15 is 0 Å². The molecule has 3 N–H and O–H groups in total. The Morgan fingerprint density at radius 3 is 3.06 bits per heavy atom. The van der Waals surface area contributed by atoms with Crippen molar-refractivity contribution in [1.29, 1.82) is 0 Å². The van der Waals surface area contributed by atoms with Crippen LogP contribution in [0.15, 0.2) is 29.1 Å². The van der Waals surface area contributed by atoms with Crippen molar-refractivity contribution in [2.75, 3.05) is 17.6 Å². The van der Waals surface area contributed by atoms with Crippen LogP contribution in [0.25, 0.3) is 0 Å². The molecule has 2 rings (SSSR count). The zero-order chi connectivity index (χ0) is 11.4. The average molecular weight is 283 g/mol. The zero-order valence-corrected chi connectivity index (χ0v) is 10.1. The lowest BCUT2D eigenvalue weighted by Gasteiger charge is -2.07. The summed E-state index contributed by atoms with van der Waals surface area (Å²) in [5.74, 6) is 0.684. The van der Waals surface area contributed by atoms with E-state index < -0.39 is 0 Å². The molecule has 0 radical (unpaired) electrons. The van der Waals surface area contributed by atoms with Crippen molar-refractivity contribution in [3.05, 3.63) is 29.1 Å². The fourth-order valence-electron chi connectivity index (χ4n) is 1.24. The highest BCUT2D eigenvalue weighted by Crippen LogP contribution is 2.19. The second kappa shape index (κ2) is 4.93. The number of hydrogen-bond donors (Lipinski definition) is 2. The van der Waals surface area contributed by atoms with Gasteiger partial charge in [0.1, 0.15) is 5.82 Å². The van der Waals surface area contributed by atoms with Crippen molar-refractivity contribution < 1.29 is 0 Å². The summed E-state index contributed by atoms with van der Waals surface area (Å²) in [5, 5.41) is 10.7. The third-order valence-electron chi connectivity index (χ3n) is 1.99. The molecular formula is C9H11BrN6. The van der Waals surface area contributed by atoms with Gasteiger partial charge in [-0.05, 0) is 22.0 Å². The topological polar surface area (TPSA) is 81.6 Å². The van der Waals surface area contributed by atoms with E-state index in [1.807, 2.05) is 6.07 Å². The highest BCUT2D eigenvalue weighted by molar-refractivity contribution is 9.10. The van der Waals surface area contributed by atoms with E-state index in [1.54, 1.807) is 23.3 Å². The molecule has 0 aliphatic carbocycles. The summed E-state index contributed by atoms with van der Waals surface area (Å²) in [4.78, 5) is 4.17. The normalized spacial score (nSPS) is 10.3. The van der Waals surface area contributed by atoms with E-state index in [-0.39, 0.29) is 0 Å². The van der Waals surface area contributed by atoms with E-state index in [1.165, 1.54) is 0 Å². The van der Waals surface area contributed by atoms with Gasteiger partial charge < -0.3 is 11.1 Å². The highest BCUT2D eigenvalue weighted by Gasteiger charge is 2.00. The molecular weight excluding hydrogens is 272 g/mol. The van der Waals surface area contributed by atoms with Crippen molar-refractivity contribution in [2.24, 2.45) is 0 Å². The minimum absolute atomic E-state index is 0.618. The van der Waals surface area contributed by atoms with Crippen LogP contribution in [0.1, 0.15) is 0 Å². The van der Waals surface area contributed by atoms with Crippen molar-refractivity contribution in [3.63, 3.8) is 0 Å². The van der Waals surface area contributed by atoms with Gasteiger partial charge in [-0.1, -0.05) is 5.21 Å². The molecule has 0 saturated heterocycles. The first kappa shape index (κ1) is 10.9. The monoisotopic (exact) mass is 282 g/mol. The molecule has 6 nitrogen and oxygen atoms in total. The number of anilines is 2. The van der Waals surface area contributed by atoms with Gasteiger partial charge in [0.25, 0.3) is 0 Å². The van der Waals surface area contributed by atoms with Crippen molar-refractivity contribution in [2.45, 2.75) is 6.54 Å². The summed E-state index contributed by atoms with van der Waals surface area (Å²) in [5.41, 5.74) is 6.41. The van der Waals surface area contributed by atoms with E-state index in [4.69, 9.17) is 5.73 Å².